The number of aromatic nitrogens is 2. The SMILES string of the molecule is CNCCNCc1snnc1C. The number of aryl methyl sites for hydroxylation is 1. The van der Waals surface area contributed by atoms with E-state index in [9.17, 15) is 0 Å². The van der Waals surface area contributed by atoms with Gasteiger partial charge in [-0.2, -0.15) is 0 Å². The van der Waals surface area contributed by atoms with Crippen molar-refractivity contribution in [3.05, 3.63) is 10.6 Å². The van der Waals surface area contributed by atoms with E-state index in [0.717, 1.165) is 25.3 Å². The Balaban J connectivity index is 2.20. The van der Waals surface area contributed by atoms with Gasteiger partial charge < -0.3 is 10.6 Å². The summed E-state index contributed by atoms with van der Waals surface area (Å²) in [5, 5.41) is 10.3. The lowest BCUT2D eigenvalue weighted by Gasteiger charge is -2.01. The molecule has 0 aliphatic carbocycles. The van der Waals surface area contributed by atoms with Crippen LogP contribution < -0.4 is 10.6 Å². The van der Waals surface area contributed by atoms with Gasteiger partial charge in [0, 0.05) is 19.6 Å². The molecule has 0 spiro atoms. The first-order valence-corrected chi connectivity index (χ1v) is 4.75. The highest BCUT2D eigenvalue weighted by Crippen LogP contribution is 2.07. The molecule has 0 aliphatic heterocycles. The van der Waals surface area contributed by atoms with E-state index < -0.39 is 0 Å². The second-order valence-electron chi connectivity index (χ2n) is 2.56. The molecule has 0 aliphatic rings. The fraction of sp³-hybridized carbons (Fsp3) is 0.714. The van der Waals surface area contributed by atoms with Crippen LogP contribution in [0.15, 0.2) is 0 Å². The molecule has 1 aromatic rings. The summed E-state index contributed by atoms with van der Waals surface area (Å²) < 4.78 is 3.86. The summed E-state index contributed by atoms with van der Waals surface area (Å²) in [5.74, 6) is 0. The predicted octanol–water partition coefficient (Wildman–Crippen LogP) is 0.156. The molecule has 0 saturated heterocycles. The maximum absolute atomic E-state index is 3.93. The molecule has 1 rings (SSSR count). The lowest BCUT2D eigenvalue weighted by molar-refractivity contribution is 0.653. The van der Waals surface area contributed by atoms with Gasteiger partial charge in [0.15, 0.2) is 0 Å². The molecule has 0 unspecified atom stereocenters. The van der Waals surface area contributed by atoms with E-state index in [-0.39, 0.29) is 0 Å². The monoisotopic (exact) mass is 186 g/mol. The van der Waals surface area contributed by atoms with Crippen molar-refractivity contribution in [2.75, 3.05) is 20.1 Å². The summed E-state index contributed by atoms with van der Waals surface area (Å²) in [6, 6.07) is 0. The predicted molar refractivity (Wildman–Crippen MR) is 50.3 cm³/mol. The summed E-state index contributed by atoms with van der Waals surface area (Å²) in [5.41, 5.74) is 1.04. The molecule has 68 valence electrons. The molecule has 12 heavy (non-hydrogen) atoms. The zero-order valence-electron chi connectivity index (χ0n) is 7.42. The van der Waals surface area contributed by atoms with Crippen molar-refractivity contribution in [1.29, 1.82) is 0 Å². The van der Waals surface area contributed by atoms with Crippen LogP contribution in [0.1, 0.15) is 10.6 Å². The minimum absolute atomic E-state index is 0.880. The third kappa shape index (κ3) is 2.84. The highest BCUT2D eigenvalue weighted by atomic mass is 32.1. The van der Waals surface area contributed by atoms with Gasteiger partial charge >= 0.3 is 0 Å². The van der Waals surface area contributed by atoms with Gasteiger partial charge in [-0.15, -0.1) is 5.10 Å². The van der Waals surface area contributed by atoms with Crippen molar-refractivity contribution in [3.63, 3.8) is 0 Å². The molecular weight excluding hydrogens is 172 g/mol. The van der Waals surface area contributed by atoms with Crippen LogP contribution in [0.25, 0.3) is 0 Å². The highest BCUT2D eigenvalue weighted by molar-refractivity contribution is 7.05. The van der Waals surface area contributed by atoms with E-state index >= 15 is 0 Å². The number of nitrogens with one attached hydrogen (secondary N) is 2. The lowest BCUT2D eigenvalue weighted by atomic mass is 10.4. The van der Waals surface area contributed by atoms with Gasteiger partial charge in [0.1, 0.15) is 0 Å². The Kier molecular flexibility index (Phi) is 4.13. The maximum Gasteiger partial charge on any atom is 0.0769 e. The molecule has 1 aromatic heterocycles. The maximum atomic E-state index is 3.93. The summed E-state index contributed by atoms with van der Waals surface area (Å²) in [7, 11) is 1.95. The van der Waals surface area contributed by atoms with Crippen LogP contribution >= 0.6 is 11.5 Å². The highest BCUT2D eigenvalue weighted by Gasteiger charge is 2.00. The third-order valence-corrected chi connectivity index (χ3v) is 2.41. The van der Waals surface area contributed by atoms with Crippen LogP contribution in [0.3, 0.4) is 0 Å². The molecular formula is C7H14N4S. The third-order valence-electron chi connectivity index (χ3n) is 1.58. The largest absolute Gasteiger partial charge is 0.318 e. The van der Waals surface area contributed by atoms with Gasteiger partial charge in [-0.05, 0) is 25.5 Å². The molecule has 0 radical (unpaired) electrons. The van der Waals surface area contributed by atoms with Crippen LogP contribution in [-0.2, 0) is 6.54 Å². The number of hydrogen-bond acceptors (Lipinski definition) is 5. The first-order valence-electron chi connectivity index (χ1n) is 3.97. The summed E-state index contributed by atoms with van der Waals surface area (Å²) in [6.07, 6.45) is 0. The van der Waals surface area contributed by atoms with Crippen molar-refractivity contribution in [1.82, 2.24) is 20.2 Å². The Morgan fingerprint density at radius 2 is 2.25 bits per heavy atom. The summed E-state index contributed by atoms with van der Waals surface area (Å²) >= 11 is 1.46. The first kappa shape index (κ1) is 9.57. The fourth-order valence-corrected chi connectivity index (χ4v) is 1.43. The Morgan fingerprint density at radius 1 is 1.42 bits per heavy atom. The van der Waals surface area contributed by atoms with Crippen LogP contribution in [0.5, 0.6) is 0 Å². The van der Waals surface area contributed by atoms with Crippen LogP contribution in [0, 0.1) is 6.92 Å². The van der Waals surface area contributed by atoms with Gasteiger partial charge in [0.05, 0.1) is 10.6 Å². The van der Waals surface area contributed by atoms with Crippen molar-refractivity contribution >= 4 is 11.5 Å². The second kappa shape index (κ2) is 5.18. The molecule has 5 heteroatoms. The molecule has 0 amide bonds. The number of hydrogen-bond donors (Lipinski definition) is 2. The lowest BCUT2D eigenvalue weighted by Crippen LogP contribution is -2.24. The van der Waals surface area contributed by atoms with Crippen molar-refractivity contribution < 1.29 is 0 Å². The zero-order chi connectivity index (χ0) is 8.81. The quantitative estimate of drug-likeness (QED) is 0.643. The molecule has 0 saturated carbocycles. The van der Waals surface area contributed by atoms with Crippen molar-refractivity contribution in [2.24, 2.45) is 0 Å². The smallest absolute Gasteiger partial charge is 0.0769 e. The molecule has 0 fully saturated rings. The summed E-state index contributed by atoms with van der Waals surface area (Å²) in [4.78, 5) is 1.23. The van der Waals surface area contributed by atoms with E-state index in [1.54, 1.807) is 0 Å². The standard InChI is InChI=1S/C7H14N4S/c1-6-7(12-11-10-6)5-9-4-3-8-2/h8-9H,3-5H2,1-2H3. The zero-order valence-corrected chi connectivity index (χ0v) is 8.24. The molecule has 0 aromatic carbocycles. The van der Waals surface area contributed by atoms with Crippen LogP contribution in [0.2, 0.25) is 0 Å². The molecule has 4 nitrogen and oxygen atoms in total. The van der Waals surface area contributed by atoms with E-state index in [1.165, 1.54) is 16.4 Å². The minimum Gasteiger partial charge on any atom is -0.318 e. The number of rotatable bonds is 5. The van der Waals surface area contributed by atoms with E-state index in [4.69, 9.17) is 0 Å². The van der Waals surface area contributed by atoms with E-state index in [0.29, 0.717) is 0 Å². The molecule has 2 N–H and O–H groups in total. The van der Waals surface area contributed by atoms with Gasteiger partial charge in [-0.1, -0.05) is 4.49 Å². The van der Waals surface area contributed by atoms with Gasteiger partial charge in [0.2, 0.25) is 0 Å². The molecule has 0 bridgehead atoms. The van der Waals surface area contributed by atoms with Gasteiger partial charge in [-0.3, -0.25) is 0 Å². The van der Waals surface area contributed by atoms with Gasteiger partial charge in [0.25, 0.3) is 0 Å². The van der Waals surface area contributed by atoms with E-state index in [2.05, 4.69) is 20.2 Å². The Labute approximate surface area is 76.5 Å². The minimum atomic E-state index is 0.880. The first-order chi connectivity index (χ1) is 5.84. The second-order valence-corrected chi connectivity index (χ2v) is 3.40. The Morgan fingerprint density at radius 3 is 2.83 bits per heavy atom. The van der Waals surface area contributed by atoms with Crippen molar-refractivity contribution in [2.45, 2.75) is 13.5 Å². The number of likely N-dealkylation sites (N-methyl/N-ethyl adjacent to an activating group) is 1. The molecule has 0 atom stereocenters. The average Bonchev–Trinajstić information content (AvgIpc) is 2.46. The fourth-order valence-electron chi connectivity index (χ4n) is 0.828. The number of nitrogens with zero attached hydrogens (tertiary/aromatic N) is 2. The van der Waals surface area contributed by atoms with E-state index in [1.807, 2.05) is 14.0 Å². The van der Waals surface area contributed by atoms with Gasteiger partial charge in [-0.25, -0.2) is 0 Å². The van der Waals surface area contributed by atoms with Crippen LogP contribution in [-0.4, -0.2) is 29.7 Å². The normalized spacial score (nSPS) is 10.5. The Bertz CT molecular complexity index is 223. The average molecular weight is 186 g/mol. The Hall–Kier alpha value is -0.520. The topological polar surface area (TPSA) is 49.8 Å². The van der Waals surface area contributed by atoms with Crippen LogP contribution in [0.4, 0.5) is 0 Å². The van der Waals surface area contributed by atoms with Crippen molar-refractivity contribution in [3.8, 4) is 0 Å². The summed E-state index contributed by atoms with van der Waals surface area (Å²) in [6.45, 7) is 4.84. The molecule has 1 heterocycles.